The molecule has 1 heterocycles. The summed E-state index contributed by atoms with van der Waals surface area (Å²) in [7, 11) is 0. The molecule has 0 saturated heterocycles. The van der Waals surface area contributed by atoms with Crippen molar-refractivity contribution < 1.29 is 13.9 Å². The second-order valence-corrected chi connectivity index (χ2v) is 3.98. The summed E-state index contributed by atoms with van der Waals surface area (Å²) in [6.45, 7) is 0. The summed E-state index contributed by atoms with van der Waals surface area (Å²) in [5.74, 6) is -1.99. The minimum absolute atomic E-state index is 0.0619. The second kappa shape index (κ2) is 4.25. The zero-order valence-corrected chi connectivity index (χ0v) is 9.78. The predicted molar refractivity (Wildman–Crippen MR) is 59.1 cm³/mol. The van der Waals surface area contributed by atoms with E-state index < -0.39 is 17.2 Å². The lowest BCUT2D eigenvalue weighted by Crippen LogP contribution is -2.21. The first kappa shape index (κ1) is 11.7. The monoisotopic (exact) mass is 302 g/mol. The van der Waals surface area contributed by atoms with Crippen LogP contribution in [0.1, 0.15) is 0 Å². The van der Waals surface area contributed by atoms with Crippen LogP contribution in [0.25, 0.3) is 5.69 Å². The quantitative estimate of drug-likeness (QED) is 0.876. The van der Waals surface area contributed by atoms with E-state index >= 15 is 0 Å². The molecule has 1 N–H and O–H groups in total. The van der Waals surface area contributed by atoms with Gasteiger partial charge in [0.1, 0.15) is 16.1 Å². The van der Waals surface area contributed by atoms with Crippen molar-refractivity contribution in [1.82, 2.24) is 9.78 Å². The topological polar surface area (TPSA) is 55.1 Å². The average molecular weight is 303 g/mol. The standard InChI is InChI=1S/C10H5BrF2N2O2/c11-9-8(16)4-14-15(10(9)17)7-2-5(12)1-6(13)3-7/h1-4,16H. The van der Waals surface area contributed by atoms with Crippen molar-refractivity contribution in [2.75, 3.05) is 0 Å². The molecule has 2 aromatic rings. The van der Waals surface area contributed by atoms with Gasteiger partial charge in [0.2, 0.25) is 0 Å². The highest BCUT2D eigenvalue weighted by Gasteiger charge is 2.10. The molecular weight excluding hydrogens is 298 g/mol. The fraction of sp³-hybridized carbons (Fsp3) is 0. The molecule has 0 fully saturated rings. The molecule has 4 nitrogen and oxygen atoms in total. The lowest BCUT2D eigenvalue weighted by Gasteiger charge is -2.05. The van der Waals surface area contributed by atoms with E-state index in [1.54, 1.807) is 0 Å². The van der Waals surface area contributed by atoms with E-state index in [0.717, 1.165) is 23.0 Å². The maximum Gasteiger partial charge on any atom is 0.289 e. The Morgan fingerprint density at radius 2 is 1.82 bits per heavy atom. The Morgan fingerprint density at radius 1 is 1.24 bits per heavy atom. The number of hydrogen-bond donors (Lipinski definition) is 1. The Morgan fingerprint density at radius 3 is 2.41 bits per heavy atom. The lowest BCUT2D eigenvalue weighted by molar-refractivity contribution is 0.463. The lowest BCUT2D eigenvalue weighted by atomic mass is 10.3. The Balaban J connectivity index is 2.69. The smallest absolute Gasteiger partial charge is 0.289 e. The van der Waals surface area contributed by atoms with E-state index in [1.165, 1.54) is 0 Å². The zero-order chi connectivity index (χ0) is 12.6. The summed E-state index contributed by atoms with van der Waals surface area (Å²) < 4.78 is 26.6. The van der Waals surface area contributed by atoms with Crippen LogP contribution in [0.5, 0.6) is 5.75 Å². The Kier molecular flexibility index (Phi) is 2.93. The van der Waals surface area contributed by atoms with Gasteiger partial charge in [-0.1, -0.05) is 0 Å². The van der Waals surface area contributed by atoms with E-state index in [1.807, 2.05) is 0 Å². The van der Waals surface area contributed by atoms with Gasteiger partial charge in [-0.25, -0.2) is 8.78 Å². The largest absolute Gasteiger partial charge is 0.505 e. The van der Waals surface area contributed by atoms with Crippen molar-refractivity contribution in [2.45, 2.75) is 0 Å². The SMILES string of the molecule is O=c1c(Br)c(O)cnn1-c1cc(F)cc(F)c1. The van der Waals surface area contributed by atoms with Crippen LogP contribution in [0, 0.1) is 11.6 Å². The van der Waals surface area contributed by atoms with E-state index in [4.69, 9.17) is 0 Å². The Labute approximate surface area is 102 Å². The van der Waals surface area contributed by atoms with Crippen LogP contribution in [-0.2, 0) is 0 Å². The van der Waals surface area contributed by atoms with Crippen LogP contribution >= 0.6 is 15.9 Å². The molecule has 1 aromatic carbocycles. The summed E-state index contributed by atoms with van der Waals surface area (Å²) >= 11 is 2.85. The van der Waals surface area contributed by atoms with Crippen LogP contribution < -0.4 is 5.56 Å². The van der Waals surface area contributed by atoms with Crippen LogP contribution in [0.3, 0.4) is 0 Å². The molecule has 0 radical (unpaired) electrons. The molecule has 17 heavy (non-hydrogen) atoms. The number of aromatic nitrogens is 2. The second-order valence-electron chi connectivity index (χ2n) is 3.19. The summed E-state index contributed by atoms with van der Waals surface area (Å²) in [6, 6.07) is 2.60. The number of nitrogens with zero attached hydrogens (tertiary/aromatic N) is 2. The van der Waals surface area contributed by atoms with Gasteiger partial charge in [0, 0.05) is 6.07 Å². The summed E-state index contributed by atoms with van der Waals surface area (Å²) in [5.41, 5.74) is -0.775. The molecule has 0 amide bonds. The Bertz CT molecular complexity index is 622. The minimum atomic E-state index is -0.821. The Hall–Kier alpha value is -1.76. The van der Waals surface area contributed by atoms with Crippen molar-refractivity contribution >= 4 is 15.9 Å². The fourth-order valence-electron chi connectivity index (χ4n) is 1.27. The maximum absolute atomic E-state index is 13.0. The van der Waals surface area contributed by atoms with Crippen LogP contribution in [0.4, 0.5) is 8.78 Å². The minimum Gasteiger partial charge on any atom is -0.505 e. The molecule has 7 heteroatoms. The first-order valence-electron chi connectivity index (χ1n) is 4.42. The van der Waals surface area contributed by atoms with Crippen LogP contribution in [0.2, 0.25) is 0 Å². The third-order valence-electron chi connectivity index (χ3n) is 1.99. The molecule has 0 saturated carbocycles. The molecule has 0 aliphatic heterocycles. The molecule has 0 spiro atoms. The number of halogens is 3. The normalized spacial score (nSPS) is 10.5. The number of aromatic hydroxyl groups is 1. The predicted octanol–water partition coefficient (Wildman–Crippen LogP) is 1.98. The molecule has 88 valence electrons. The zero-order valence-electron chi connectivity index (χ0n) is 8.19. The highest BCUT2D eigenvalue weighted by atomic mass is 79.9. The number of hydrogen-bond acceptors (Lipinski definition) is 3. The fourth-order valence-corrected chi connectivity index (χ4v) is 1.54. The van der Waals surface area contributed by atoms with Gasteiger partial charge < -0.3 is 5.11 Å². The van der Waals surface area contributed by atoms with Crippen LogP contribution in [0.15, 0.2) is 33.7 Å². The molecule has 0 atom stereocenters. The van der Waals surface area contributed by atoms with E-state index in [2.05, 4.69) is 21.0 Å². The van der Waals surface area contributed by atoms with Gasteiger partial charge in [0.25, 0.3) is 5.56 Å². The molecule has 0 unspecified atom stereocenters. The van der Waals surface area contributed by atoms with Gasteiger partial charge in [-0.3, -0.25) is 4.79 Å². The van der Waals surface area contributed by atoms with Gasteiger partial charge >= 0.3 is 0 Å². The number of rotatable bonds is 1. The van der Waals surface area contributed by atoms with Gasteiger partial charge in [0.05, 0.1) is 11.9 Å². The van der Waals surface area contributed by atoms with Gasteiger partial charge in [-0.15, -0.1) is 0 Å². The van der Waals surface area contributed by atoms with Crippen molar-refractivity contribution in [2.24, 2.45) is 0 Å². The van der Waals surface area contributed by atoms with E-state index in [9.17, 15) is 18.7 Å². The maximum atomic E-state index is 13.0. The van der Waals surface area contributed by atoms with Crippen LogP contribution in [-0.4, -0.2) is 14.9 Å². The molecule has 0 bridgehead atoms. The van der Waals surface area contributed by atoms with Crippen molar-refractivity contribution in [3.8, 4) is 11.4 Å². The van der Waals surface area contributed by atoms with Crippen molar-refractivity contribution in [1.29, 1.82) is 0 Å². The summed E-state index contributed by atoms with van der Waals surface area (Å²) in [6.07, 6.45) is 0.994. The highest BCUT2D eigenvalue weighted by Crippen LogP contribution is 2.18. The van der Waals surface area contributed by atoms with E-state index in [-0.39, 0.29) is 15.9 Å². The first-order chi connectivity index (χ1) is 7.99. The van der Waals surface area contributed by atoms with Gasteiger partial charge in [-0.05, 0) is 28.1 Å². The third kappa shape index (κ3) is 2.19. The molecular formula is C10H5BrF2N2O2. The first-order valence-corrected chi connectivity index (χ1v) is 5.21. The summed E-state index contributed by atoms with van der Waals surface area (Å²) in [5, 5.41) is 12.8. The highest BCUT2D eigenvalue weighted by molar-refractivity contribution is 9.10. The van der Waals surface area contributed by atoms with Crippen molar-refractivity contribution in [3.05, 3.63) is 50.9 Å². The average Bonchev–Trinajstić information content (AvgIpc) is 2.24. The molecule has 0 aliphatic rings. The molecule has 2 rings (SSSR count). The van der Waals surface area contributed by atoms with Crippen molar-refractivity contribution in [3.63, 3.8) is 0 Å². The third-order valence-corrected chi connectivity index (χ3v) is 2.74. The van der Waals surface area contributed by atoms with Gasteiger partial charge in [0.15, 0.2) is 5.75 Å². The molecule has 1 aromatic heterocycles. The van der Waals surface area contributed by atoms with Gasteiger partial charge in [-0.2, -0.15) is 9.78 Å². The van der Waals surface area contributed by atoms with E-state index in [0.29, 0.717) is 6.07 Å². The number of benzene rings is 1. The molecule has 0 aliphatic carbocycles. The summed E-state index contributed by atoms with van der Waals surface area (Å²) in [4.78, 5) is 11.7.